The summed E-state index contributed by atoms with van der Waals surface area (Å²) >= 11 is 0. The fraction of sp³-hybridized carbons (Fsp3) is 0.529. The SMILES string of the molecule is CCNC(=O)C(=O)NCC[C@H]1CCCCN1S(=O)(=O)c1ccc(F)cc1. The number of nitrogens with one attached hydrogen (secondary N) is 2. The second kappa shape index (κ2) is 9.09. The highest BCUT2D eigenvalue weighted by Gasteiger charge is 2.33. The number of halogens is 1. The maximum Gasteiger partial charge on any atom is 0.309 e. The van der Waals surface area contributed by atoms with Gasteiger partial charge in [0.2, 0.25) is 10.0 Å². The summed E-state index contributed by atoms with van der Waals surface area (Å²) in [6.45, 7) is 2.66. The molecule has 1 fully saturated rings. The van der Waals surface area contributed by atoms with Crippen molar-refractivity contribution in [2.75, 3.05) is 19.6 Å². The third-order valence-corrected chi connectivity index (χ3v) is 6.27. The van der Waals surface area contributed by atoms with Crippen molar-refractivity contribution in [1.82, 2.24) is 14.9 Å². The molecule has 26 heavy (non-hydrogen) atoms. The van der Waals surface area contributed by atoms with Crippen LogP contribution >= 0.6 is 0 Å². The van der Waals surface area contributed by atoms with Crippen LogP contribution in [0.1, 0.15) is 32.6 Å². The highest BCUT2D eigenvalue weighted by molar-refractivity contribution is 7.89. The van der Waals surface area contributed by atoms with Crippen molar-refractivity contribution in [3.8, 4) is 0 Å². The first kappa shape index (κ1) is 20.3. The minimum absolute atomic E-state index is 0.0529. The third-order valence-electron chi connectivity index (χ3n) is 4.30. The fourth-order valence-electron chi connectivity index (χ4n) is 2.99. The molecule has 1 heterocycles. The van der Waals surface area contributed by atoms with E-state index in [9.17, 15) is 22.4 Å². The standard InChI is InChI=1S/C17H24FN3O4S/c1-2-19-16(22)17(23)20-11-10-14-5-3-4-12-21(14)26(24,25)15-8-6-13(18)7-9-15/h6-9,14H,2-5,10-12H2,1H3,(H,19,22)(H,20,23)/t14-/m1/s1. The van der Waals surface area contributed by atoms with Crippen molar-refractivity contribution in [3.63, 3.8) is 0 Å². The summed E-state index contributed by atoms with van der Waals surface area (Å²) in [7, 11) is -3.73. The van der Waals surface area contributed by atoms with Crippen molar-refractivity contribution >= 4 is 21.8 Å². The number of nitrogens with zero attached hydrogens (tertiary/aromatic N) is 1. The average molecular weight is 385 g/mol. The molecule has 0 spiro atoms. The van der Waals surface area contributed by atoms with Crippen LogP contribution in [-0.2, 0) is 19.6 Å². The van der Waals surface area contributed by atoms with Gasteiger partial charge in [0.1, 0.15) is 5.82 Å². The van der Waals surface area contributed by atoms with E-state index in [1.807, 2.05) is 0 Å². The zero-order valence-corrected chi connectivity index (χ0v) is 15.5. The van der Waals surface area contributed by atoms with Gasteiger partial charge in [-0.2, -0.15) is 4.31 Å². The normalized spacial score (nSPS) is 18.3. The number of sulfonamides is 1. The topological polar surface area (TPSA) is 95.6 Å². The van der Waals surface area contributed by atoms with E-state index in [1.54, 1.807) is 6.92 Å². The molecule has 9 heteroatoms. The summed E-state index contributed by atoms with van der Waals surface area (Å²) in [6, 6.07) is 4.49. The van der Waals surface area contributed by atoms with Crippen LogP contribution in [0, 0.1) is 5.82 Å². The molecule has 2 rings (SSSR count). The largest absolute Gasteiger partial charge is 0.348 e. The summed E-state index contributed by atoms with van der Waals surface area (Å²) in [5.74, 6) is -1.92. The minimum atomic E-state index is -3.73. The molecule has 1 aliphatic heterocycles. The Kier molecular flexibility index (Phi) is 7.10. The Hall–Kier alpha value is -2.00. The Labute approximate surface area is 153 Å². The molecule has 0 aromatic heterocycles. The van der Waals surface area contributed by atoms with Gasteiger partial charge in [-0.05, 0) is 50.5 Å². The summed E-state index contributed by atoms with van der Waals surface area (Å²) in [6.07, 6.45) is 2.73. The minimum Gasteiger partial charge on any atom is -0.348 e. The number of hydrogen-bond acceptors (Lipinski definition) is 4. The molecule has 0 aliphatic carbocycles. The van der Waals surface area contributed by atoms with E-state index in [4.69, 9.17) is 0 Å². The van der Waals surface area contributed by atoms with E-state index in [0.29, 0.717) is 25.9 Å². The first-order chi connectivity index (χ1) is 12.4. The van der Waals surface area contributed by atoms with Crippen LogP contribution in [0.15, 0.2) is 29.2 Å². The Balaban J connectivity index is 2.02. The maximum absolute atomic E-state index is 13.1. The number of carbonyl (C=O) groups excluding carboxylic acids is 2. The van der Waals surface area contributed by atoms with Gasteiger partial charge in [-0.1, -0.05) is 6.42 Å². The van der Waals surface area contributed by atoms with Gasteiger partial charge in [0.15, 0.2) is 0 Å². The Bertz CT molecular complexity index is 737. The smallest absolute Gasteiger partial charge is 0.309 e. The monoisotopic (exact) mass is 385 g/mol. The molecule has 1 aromatic rings. The van der Waals surface area contributed by atoms with E-state index in [-0.39, 0.29) is 17.5 Å². The summed E-state index contributed by atoms with van der Waals surface area (Å²) in [5.41, 5.74) is 0. The summed E-state index contributed by atoms with van der Waals surface area (Å²) < 4.78 is 40.2. The zero-order valence-electron chi connectivity index (χ0n) is 14.7. The van der Waals surface area contributed by atoms with Crippen LogP contribution in [0.2, 0.25) is 0 Å². The number of likely N-dealkylation sites (N-methyl/N-ethyl adjacent to an activating group) is 1. The van der Waals surface area contributed by atoms with Crippen LogP contribution in [0.4, 0.5) is 4.39 Å². The lowest BCUT2D eigenvalue weighted by Gasteiger charge is -2.34. The van der Waals surface area contributed by atoms with Crippen LogP contribution in [0.25, 0.3) is 0 Å². The number of piperidine rings is 1. The van der Waals surface area contributed by atoms with E-state index in [0.717, 1.165) is 25.0 Å². The first-order valence-electron chi connectivity index (χ1n) is 8.69. The highest BCUT2D eigenvalue weighted by Crippen LogP contribution is 2.27. The van der Waals surface area contributed by atoms with Gasteiger partial charge in [0.05, 0.1) is 4.90 Å². The molecule has 0 bridgehead atoms. The lowest BCUT2D eigenvalue weighted by atomic mass is 10.0. The van der Waals surface area contributed by atoms with Crippen molar-refractivity contribution in [3.05, 3.63) is 30.1 Å². The number of rotatable bonds is 6. The Morgan fingerprint density at radius 1 is 1.15 bits per heavy atom. The summed E-state index contributed by atoms with van der Waals surface area (Å²) in [5, 5.41) is 4.92. The molecule has 1 atom stereocenters. The molecule has 144 valence electrons. The molecule has 7 nitrogen and oxygen atoms in total. The van der Waals surface area contributed by atoms with Gasteiger partial charge in [0, 0.05) is 25.7 Å². The second-order valence-corrected chi connectivity index (χ2v) is 8.01. The van der Waals surface area contributed by atoms with Crippen molar-refractivity contribution in [1.29, 1.82) is 0 Å². The molecule has 2 N–H and O–H groups in total. The molecule has 0 unspecified atom stereocenters. The van der Waals surface area contributed by atoms with E-state index in [2.05, 4.69) is 10.6 Å². The van der Waals surface area contributed by atoms with E-state index >= 15 is 0 Å². The maximum atomic E-state index is 13.1. The predicted octanol–water partition coefficient (Wildman–Crippen LogP) is 1.01. The van der Waals surface area contributed by atoms with Gasteiger partial charge in [0.25, 0.3) is 0 Å². The van der Waals surface area contributed by atoms with Crippen LogP contribution in [0.5, 0.6) is 0 Å². The number of amides is 2. The molecule has 1 saturated heterocycles. The van der Waals surface area contributed by atoms with Gasteiger partial charge in [-0.3, -0.25) is 9.59 Å². The highest BCUT2D eigenvalue weighted by atomic mass is 32.2. The number of benzene rings is 1. The molecule has 0 saturated carbocycles. The lowest BCUT2D eigenvalue weighted by molar-refractivity contribution is -0.139. The van der Waals surface area contributed by atoms with Gasteiger partial charge < -0.3 is 10.6 Å². The van der Waals surface area contributed by atoms with E-state index < -0.39 is 27.7 Å². The molecule has 2 amide bonds. The third kappa shape index (κ3) is 5.01. The molecule has 1 aromatic carbocycles. The molecule has 0 radical (unpaired) electrons. The Morgan fingerprint density at radius 3 is 2.46 bits per heavy atom. The van der Waals surface area contributed by atoms with Gasteiger partial charge in [-0.15, -0.1) is 0 Å². The number of hydrogen-bond donors (Lipinski definition) is 2. The van der Waals surface area contributed by atoms with Gasteiger partial charge >= 0.3 is 11.8 Å². The van der Waals surface area contributed by atoms with Gasteiger partial charge in [-0.25, -0.2) is 12.8 Å². The second-order valence-electron chi connectivity index (χ2n) is 6.12. The zero-order chi connectivity index (χ0) is 19.2. The van der Waals surface area contributed by atoms with Crippen LogP contribution in [0.3, 0.4) is 0 Å². The lowest BCUT2D eigenvalue weighted by Crippen LogP contribution is -2.46. The van der Waals surface area contributed by atoms with Crippen LogP contribution < -0.4 is 10.6 Å². The van der Waals surface area contributed by atoms with Crippen molar-refractivity contribution < 1.29 is 22.4 Å². The molecular formula is C17H24FN3O4S. The van der Waals surface area contributed by atoms with Crippen LogP contribution in [-0.4, -0.2) is 50.2 Å². The van der Waals surface area contributed by atoms with Crippen molar-refractivity contribution in [2.24, 2.45) is 0 Å². The summed E-state index contributed by atoms with van der Waals surface area (Å²) in [4.78, 5) is 23.1. The number of carbonyl (C=O) groups is 2. The Morgan fingerprint density at radius 2 is 1.81 bits per heavy atom. The first-order valence-corrected chi connectivity index (χ1v) is 10.1. The molecule has 1 aliphatic rings. The predicted molar refractivity (Wildman–Crippen MR) is 94.2 cm³/mol. The fourth-order valence-corrected chi connectivity index (χ4v) is 4.72. The average Bonchev–Trinajstić information content (AvgIpc) is 2.62. The van der Waals surface area contributed by atoms with E-state index in [1.165, 1.54) is 16.4 Å². The van der Waals surface area contributed by atoms with Crippen molar-refractivity contribution in [2.45, 2.75) is 43.5 Å². The quantitative estimate of drug-likeness (QED) is 0.715. The molecular weight excluding hydrogens is 361 g/mol.